The number of esters is 3. The Morgan fingerprint density at radius 1 is 0.750 bits per heavy atom. The predicted octanol–water partition coefficient (Wildman–Crippen LogP) is 3.31. The van der Waals surface area contributed by atoms with Gasteiger partial charge in [0.1, 0.15) is 23.0 Å². The van der Waals surface area contributed by atoms with Gasteiger partial charge in [-0.05, 0) is 36.4 Å². The van der Waals surface area contributed by atoms with E-state index >= 15 is 0 Å². The molecule has 0 heterocycles. The van der Waals surface area contributed by atoms with Crippen molar-refractivity contribution in [2.75, 3.05) is 0 Å². The number of carbonyl (C=O) groups is 3. The molecule has 0 bridgehead atoms. The Hall–Kier alpha value is -4.60. The Morgan fingerprint density at radius 2 is 1.31 bits per heavy atom. The Bertz CT molecular complexity index is 1200. The van der Waals surface area contributed by atoms with Gasteiger partial charge >= 0.3 is 17.9 Å². The first-order chi connectivity index (χ1) is 15.1. The number of halogens is 1. The molecule has 0 spiro atoms. The molecule has 164 valence electrons. The molecule has 32 heavy (non-hydrogen) atoms. The summed E-state index contributed by atoms with van der Waals surface area (Å²) in [5.74, 6) is -6.53. The van der Waals surface area contributed by atoms with Gasteiger partial charge in [-0.15, -0.1) is 0 Å². The summed E-state index contributed by atoms with van der Waals surface area (Å²) in [6.45, 7) is 1.12. The van der Waals surface area contributed by atoms with Gasteiger partial charge in [0.15, 0.2) is 11.6 Å². The van der Waals surface area contributed by atoms with Crippen molar-refractivity contribution < 1.29 is 48.3 Å². The first-order valence-corrected chi connectivity index (χ1v) is 8.91. The lowest BCUT2D eigenvalue weighted by Crippen LogP contribution is -2.14. The standard InChI is InChI=1S/C22H15FO9/c1-11(24)30-17-8-13(7-16(27)10-17)22(29)32-20-18(23)3-2-4-19(20)31-21(28)12-5-14(25)9-15(26)6-12/h2-10,25-27H,1H3. The van der Waals surface area contributed by atoms with Crippen LogP contribution in [-0.4, -0.2) is 33.2 Å². The van der Waals surface area contributed by atoms with Crippen LogP contribution < -0.4 is 14.2 Å². The zero-order valence-electron chi connectivity index (χ0n) is 16.4. The molecule has 0 aliphatic heterocycles. The molecule has 0 aromatic heterocycles. The van der Waals surface area contributed by atoms with Gasteiger partial charge in [0.25, 0.3) is 0 Å². The molecule has 3 aromatic rings. The van der Waals surface area contributed by atoms with E-state index in [2.05, 4.69) is 0 Å². The van der Waals surface area contributed by atoms with E-state index in [1.165, 1.54) is 6.07 Å². The summed E-state index contributed by atoms with van der Waals surface area (Å²) in [6, 6.07) is 9.48. The second-order valence-corrected chi connectivity index (χ2v) is 6.39. The van der Waals surface area contributed by atoms with Crippen LogP contribution >= 0.6 is 0 Å². The van der Waals surface area contributed by atoms with E-state index in [4.69, 9.17) is 14.2 Å². The number of aromatic hydroxyl groups is 3. The van der Waals surface area contributed by atoms with Crippen molar-refractivity contribution in [3.05, 3.63) is 71.5 Å². The van der Waals surface area contributed by atoms with Crippen LogP contribution in [0.3, 0.4) is 0 Å². The molecule has 0 aliphatic carbocycles. The minimum absolute atomic E-state index is 0.145. The lowest BCUT2D eigenvalue weighted by molar-refractivity contribution is -0.131. The van der Waals surface area contributed by atoms with E-state index in [1.54, 1.807) is 0 Å². The average molecular weight is 442 g/mol. The highest BCUT2D eigenvalue weighted by molar-refractivity contribution is 5.94. The lowest BCUT2D eigenvalue weighted by atomic mass is 10.2. The maximum absolute atomic E-state index is 14.4. The molecule has 3 N–H and O–H groups in total. The Kier molecular flexibility index (Phi) is 6.24. The third-order valence-electron chi connectivity index (χ3n) is 3.86. The van der Waals surface area contributed by atoms with Crippen LogP contribution in [0.1, 0.15) is 27.6 Å². The third-order valence-corrected chi connectivity index (χ3v) is 3.86. The van der Waals surface area contributed by atoms with Crippen LogP contribution in [-0.2, 0) is 4.79 Å². The van der Waals surface area contributed by atoms with E-state index in [1.807, 2.05) is 0 Å². The minimum Gasteiger partial charge on any atom is -0.508 e. The average Bonchev–Trinajstić information content (AvgIpc) is 2.68. The van der Waals surface area contributed by atoms with Gasteiger partial charge in [-0.2, -0.15) is 0 Å². The van der Waals surface area contributed by atoms with Crippen LogP contribution in [0.15, 0.2) is 54.6 Å². The molecule has 0 unspecified atom stereocenters. The SMILES string of the molecule is CC(=O)Oc1cc(O)cc(C(=O)Oc2c(F)cccc2OC(=O)c2cc(O)cc(O)c2)c1. The van der Waals surface area contributed by atoms with Crippen LogP contribution in [0.5, 0.6) is 34.5 Å². The van der Waals surface area contributed by atoms with Crippen molar-refractivity contribution in [2.45, 2.75) is 6.92 Å². The van der Waals surface area contributed by atoms with Crippen LogP contribution in [0.25, 0.3) is 0 Å². The largest absolute Gasteiger partial charge is 0.508 e. The molecule has 0 saturated heterocycles. The maximum Gasteiger partial charge on any atom is 0.344 e. The number of ether oxygens (including phenoxy) is 3. The van der Waals surface area contributed by atoms with Gasteiger partial charge in [0.2, 0.25) is 5.75 Å². The maximum atomic E-state index is 14.4. The first kappa shape index (κ1) is 22.1. The van der Waals surface area contributed by atoms with Gasteiger partial charge in [-0.1, -0.05) is 6.07 Å². The molecule has 0 fully saturated rings. The third kappa shape index (κ3) is 5.30. The lowest BCUT2D eigenvalue weighted by Gasteiger charge is -2.12. The number of rotatable bonds is 5. The summed E-state index contributed by atoms with van der Waals surface area (Å²) in [6.07, 6.45) is 0. The van der Waals surface area contributed by atoms with Crippen molar-refractivity contribution in [1.29, 1.82) is 0 Å². The fraction of sp³-hybridized carbons (Fsp3) is 0.0455. The Labute approximate surface area is 179 Å². The summed E-state index contributed by atoms with van der Waals surface area (Å²) in [4.78, 5) is 35.9. The minimum atomic E-state index is -1.15. The highest BCUT2D eigenvalue weighted by Gasteiger charge is 2.21. The van der Waals surface area contributed by atoms with Crippen LogP contribution in [0.2, 0.25) is 0 Å². The Morgan fingerprint density at radius 3 is 1.94 bits per heavy atom. The smallest absolute Gasteiger partial charge is 0.344 e. The van der Waals surface area contributed by atoms with E-state index in [0.29, 0.717) is 0 Å². The normalized spacial score (nSPS) is 10.3. The molecule has 10 heteroatoms. The first-order valence-electron chi connectivity index (χ1n) is 8.91. The molecule has 3 rings (SSSR count). The quantitative estimate of drug-likeness (QED) is 0.401. The summed E-state index contributed by atoms with van der Waals surface area (Å²) in [5.41, 5.74) is -0.525. The van der Waals surface area contributed by atoms with Gasteiger partial charge < -0.3 is 29.5 Å². The van der Waals surface area contributed by atoms with E-state index < -0.39 is 52.5 Å². The van der Waals surface area contributed by atoms with Crippen LogP contribution in [0.4, 0.5) is 4.39 Å². The number of hydrogen-bond acceptors (Lipinski definition) is 9. The molecule has 0 amide bonds. The number of phenols is 3. The van der Waals surface area contributed by atoms with Gasteiger partial charge in [-0.25, -0.2) is 14.0 Å². The van der Waals surface area contributed by atoms with E-state index in [9.17, 15) is 34.1 Å². The fourth-order valence-corrected chi connectivity index (χ4v) is 2.62. The monoisotopic (exact) mass is 442 g/mol. The molecular weight excluding hydrogens is 427 g/mol. The molecule has 0 atom stereocenters. The number of phenolic OH excluding ortho intramolecular Hbond substituents is 3. The Balaban J connectivity index is 1.88. The van der Waals surface area contributed by atoms with Gasteiger partial charge in [0.05, 0.1) is 11.1 Å². The van der Waals surface area contributed by atoms with Crippen molar-refractivity contribution in [3.63, 3.8) is 0 Å². The topological polar surface area (TPSA) is 140 Å². The molecule has 9 nitrogen and oxygen atoms in total. The summed E-state index contributed by atoms with van der Waals surface area (Å²) >= 11 is 0. The van der Waals surface area contributed by atoms with Crippen molar-refractivity contribution >= 4 is 17.9 Å². The molecule has 0 radical (unpaired) electrons. The molecular formula is C22H15FO9. The zero-order valence-corrected chi connectivity index (χ0v) is 16.4. The molecule has 3 aromatic carbocycles. The molecule has 0 saturated carbocycles. The van der Waals surface area contributed by atoms with Crippen LogP contribution in [0, 0.1) is 5.82 Å². The number of carbonyl (C=O) groups excluding carboxylic acids is 3. The highest BCUT2D eigenvalue weighted by atomic mass is 19.1. The second-order valence-electron chi connectivity index (χ2n) is 6.39. The zero-order chi connectivity index (χ0) is 23.4. The fourth-order valence-electron chi connectivity index (χ4n) is 2.62. The van der Waals surface area contributed by atoms with Gasteiger partial charge in [-0.3, -0.25) is 4.79 Å². The number of hydrogen-bond donors (Lipinski definition) is 3. The van der Waals surface area contributed by atoms with Crippen molar-refractivity contribution in [3.8, 4) is 34.5 Å². The van der Waals surface area contributed by atoms with Crippen molar-refractivity contribution in [2.24, 2.45) is 0 Å². The van der Waals surface area contributed by atoms with Crippen molar-refractivity contribution in [1.82, 2.24) is 0 Å². The second kappa shape index (κ2) is 9.04. The highest BCUT2D eigenvalue weighted by Crippen LogP contribution is 2.33. The number of benzene rings is 3. The summed E-state index contributed by atoms with van der Waals surface area (Å²) < 4.78 is 29.3. The molecule has 0 aliphatic rings. The summed E-state index contributed by atoms with van der Waals surface area (Å²) in [5, 5.41) is 28.7. The number of para-hydroxylation sites is 1. The summed E-state index contributed by atoms with van der Waals surface area (Å²) in [7, 11) is 0. The van der Waals surface area contributed by atoms with Gasteiger partial charge in [0, 0.05) is 19.1 Å². The van der Waals surface area contributed by atoms with E-state index in [0.717, 1.165) is 55.5 Å². The van der Waals surface area contributed by atoms with E-state index in [-0.39, 0.29) is 16.9 Å². The predicted molar refractivity (Wildman–Crippen MR) is 106 cm³/mol.